The molecule has 6 aliphatic rings. The van der Waals surface area contributed by atoms with Crippen molar-refractivity contribution in [3.63, 3.8) is 0 Å². The van der Waals surface area contributed by atoms with Crippen LogP contribution in [-0.2, 0) is 70.1 Å². The summed E-state index contributed by atoms with van der Waals surface area (Å²) < 4.78 is 42.4. The van der Waals surface area contributed by atoms with E-state index in [9.17, 15) is 44.1 Å². The van der Waals surface area contributed by atoms with E-state index in [0.717, 1.165) is 23.3 Å². The zero-order valence-corrected chi connectivity index (χ0v) is 55.6. The molecule has 1 aliphatic carbocycles. The van der Waals surface area contributed by atoms with Gasteiger partial charge in [0.1, 0.15) is 30.5 Å². The van der Waals surface area contributed by atoms with E-state index >= 15 is 0 Å². The summed E-state index contributed by atoms with van der Waals surface area (Å²) in [4.78, 5) is 100. The molecule has 3 saturated heterocycles. The largest absolute Gasteiger partial charge is 0.459 e. The number of piperidine rings is 1. The van der Waals surface area contributed by atoms with Gasteiger partial charge in [0, 0.05) is 122 Å². The predicted molar refractivity (Wildman–Crippen MR) is 340 cm³/mol. The zero-order chi connectivity index (χ0) is 66.1. The third-order valence-electron chi connectivity index (χ3n) is 19.6. The molecule has 5 aliphatic heterocycles. The molecule has 2 bridgehead atoms. The Bertz CT molecular complexity index is 2740. The minimum Gasteiger partial charge on any atom is -0.459 e. The van der Waals surface area contributed by atoms with Crippen LogP contribution in [0.3, 0.4) is 0 Å². The fourth-order valence-electron chi connectivity index (χ4n) is 13.8. The summed E-state index contributed by atoms with van der Waals surface area (Å²) in [5.74, 6) is -7.20. The van der Waals surface area contributed by atoms with Gasteiger partial charge in [-0.15, -0.1) is 0 Å². The number of aliphatic hydroxyl groups excluding tert-OH is 2. The third-order valence-corrected chi connectivity index (χ3v) is 19.6. The van der Waals surface area contributed by atoms with Crippen LogP contribution < -0.4 is 10.6 Å². The molecule has 23 nitrogen and oxygen atoms in total. The minimum absolute atomic E-state index is 0.0479. The molecule has 4 fully saturated rings. The number of hydrogen-bond acceptors (Lipinski definition) is 20. The van der Waals surface area contributed by atoms with E-state index in [1.165, 1.54) is 12.0 Å². The number of methoxy groups -OCH3 is 3. The summed E-state index contributed by atoms with van der Waals surface area (Å²) in [6, 6.07) is -2.01. The number of nitrogens with two attached hydrogens (primary N) is 1. The number of anilines is 1. The average Bonchev–Trinajstić information content (AvgIpc) is 0.845. The van der Waals surface area contributed by atoms with Crippen molar-refractivity contribution in [1.82, 2.24) is 24.7 Å². The van der Waals surface area contributed by atoms with Gasteiger partial charge < -0.3 is 73.8 Å². The van der Waals surface area contributed by atoms with Gasteiger partial charge in [-0.3, -0.25) is 19.2 Å². The normalized spacial score (nSPS) is 34.7. The van der Waals surface area contributed by atoms with E-state index in [2.05, 4.69) is 9.88 Å². The second-order valence-electron chi connectivity index (χ2n) is 26.4. The van der Waals surface area contributed by atoms with Gasteiger partial charge in [0.15, 0.2) is 5.78 Å². The first kappa shape index (κ1) is 72.9. The molecule has 1 saturated carbocycles. The number of ether oxygens (including phenoxy) is 7. The molecule has 0 unspecified atom stereocenters. The molecule has 1 aromatic heterocycles. The third kappa shape index (κ3) is 19.3. The summed E-state index contributed by atoms with van der Waals surface area (Å²) in [6.45, 7) is 16.9. The van der Waals surface area contributed by atoms with Crippen molar-refractivity contribution in [2.75, 3.05) is 78.7 Å². The Kier molecular flexibility index (Phi) is 27.7. The van der Waals surface area contributed by atoms with Crippen LogP contribution in [0.4, 0.5) is 10.7 Å². The highest BCUT2D eigenvalue weighted by Crippen LogP contribution is 2.38. The maximum atomic E-state index is 14.8. The number of amides is 3. The second-order valence-corrected chi connectivity index (χ2v) is 26.4. The first-order valence-corrected chi connectivity index (χ1v) is 33.3. The molecule has 3 amide bonds. The Balaban J connectivity index is 1.05. The Morgan fingerprint density at radius 3 is 2.26 bits per heavy atom. The van der Waals surface area contributed by atoms with Gasteiger partial charge in [-0.05, 0) is 107 Å². The van der Waals surface area contributed by atoms with Crippen molar-refractivity contribution in [2.24, 2.45) is 35.3 Å². The highest BCUT2D eigenvalue weighted by molar-refractivity contribution is 6.39. The highest BCUT2D eigenvalue weighted by atomic mass is 16.6. The summed E-state index contributed by atoms with van der Waals surface area (Å²) in [7, 11) is 4.65. The average molecular weight is 1280 g/mol. The molecule has 0 aromatic carbocycles. The van der Waals surface area contributed by atoms with Crippen molar-refractivity contribution in [3.8, 4) is 0 Å². The van der Waals surface area contributed by atoms with E-state index < -0.39 is 114 Å². The van der Waals surface area contributed by atoms with E-state index in [-0.39, 0.29) is 50.1 Å². The summed E-state index contributed by atoms with van der Waals surface area (Å²) >= 11 is 0. The number of hydrogen-bond donors (Lipinski definition) is 4. The van der Waals surface area contributed by atoms with E-state index in [4.69, 9.17) is 43.9 Å². The molecule has 16 atom stereocenters. The Morgan fingerprint density at radius 1 is 0.802 bits per heavy atom. The molecule has 6 heterocycles. The fraction of sp³-hybridized carbons (Fsp3) is 0.735. The van der Waals surface area contributed by atoms with Crippen LogP contribution in [-0.4, -0.2) is 216 Å². The van der Waals surface area contributed by atoms with Gasteiger partial charge in [0.05, 0.1) is 49.7 Å². The molecule has 91 heavy (non-hydrogen) atoms. The molecule has 7 rings (SSSR count). The number of aliphatic hydroxyl groups is 3. The summed E-state index contributed by atoms with van der Waals surface area (Å²) in [5, 5.41) is 34.9. The topological polar surface area (TPSA) is 292 Å². The van der Waals surface area contributed by atoms with Crippen molar-refractivity contribution >= 4 is 41.4 Å². The number of esters is 1. The Hall–Kier alpha value is -5.50. The smallest absolute Gasteiger partial charge is 0.410 e. The molecule has 508 valence electrons. The number of fused-ring (bicyclic) bond motifs is 4. The minimum atomic E-state index is -2.47. The lowest BCUT2D eigenvalue weighted by Gasteiger charge is -2.43. The highest BCUT2D eigenvalue weighted by Gasteiger charge is 2.53. The van der Waals surface area contributed by atoms with Crippen LogP contribution in [0.25, 0.3) is 0 Å². The number of piperazine rings is 1. The van der Waals surface area contributed by atoms with Crippen molar-refractivity contribution in [3.05, 3.63) is 65.1 Å². The Labute approximate surface area is 538 Å². The van der Waals surface area contributed by atoms with Gasteiger partial charge in [-0.2, -0.15) is 0 Å². The van der Waals surface area contributed by atoms with Gasteiger partial charge >= 0.3 is 12.1 Å². The van der Waals surface area contributed by atoms with Crippen LogP contribution in [0, 0.1) is 29.6 Å². The van der Waals surface area contributed by atoms with Gasteiger partial charge in [-0.25, -0.2) is 19.6 Å². The number of carbonyl (C=O) groups is 6. The summed E-state index contributed by atoms with van der Waals surface area (Å²) in [6.07, 6.45) is 11.9. The van der Waals surface area contributed by atoms with E-state index in [1.807, 2.05) is 63.0 Å². The van der Waals surface area contributed by atoms with Crippen molar-refractivity contribution in [2.45, 2.75) is 218 Å². The molecule has 5 N–H and O–H groups in total. The van der Waals surface area contributed by atoms with Crippen molar-refractivity contribution < 1.29 is 77.2 Å². The van der Waals surface area contributed by atoms with Crippen LogP contribution in [0.1, 0.15) is 150 Å². The number of carbonyl (C=O) groups excluding carboxylic acids is 6. The molecule has 0 spiro atoms. The zero-order valence-electron chi connectivity index (χ0n) is 55.6. The first-order valence-electron chi connectivity index (χ1n) is 33.3. The van der Waals surface area contributed by atoms with E-state index in [1.54, 1.807) is 52.2 Å². The lowest BCUT2D eigenvalue weighted by molar-refractivity contribution is -0.265. The quantitative estimate of drug-likeness (QED) is 0.0748. The summed E-state index contributed by atoms with van der Waals surface area (Å²) in [5.41, 5.74) is 10.1. The lowest BCUT2D eigenvalue weighted by Crippen LogP contribution is -2.61. The number of cyclic esters (lactones) is 1. The molecule has 1 aromatic rings. The number of aromatic nitrogens is 2. The fourth-order valence-corrected chi connectivity index (χ4v) is 13.8. The monoisotopic (exact) mass is 1280 g/mol. The lowest BCUT2D eigenvalue weighted by atomic mass is 9.80. The van der Waals surface area contributed by atoms with Crippen molar-refractivity contribution in [1.29, 1.82) is 0 Å². The maximum absolute atomic E-state index is 14.8. The number of rotatable bonds is 13. The maximum Gasteiger partial charge on any atom is 0.410 e. The molecule has 0 radical (unpaired) electrons. The van der Waals surface area contributed by atoms with Crippen LogP contribution in [0.2, 0.25) is 0 Å². The number of Topliss-reactive ketones (excluding diaryl/α,β-unsaturated/α-hetero) is 2. The SMILES string of the molecule is CCCOCCC(=O)N1CCN(c2ncc3c(n2)CCN(C(=O)O[C@@H]2CC[C@@H](C[C@@H](N)[C@@H]4C[C@@H](OC)[C@H](C)/C=C(\C)[C@@H](O)[C@@H](O)C(=O)[C@H](C)C[C@H](C)/C=C/C=C/C=C(\C)[C@@H](OC)C[C@@H]5CC[C@@H](C)[C@@](O)(O5)C(=O)C(=O)N5CCCC[C@H]5C(=O)O4)C[C@H]2OC)C3)CC1. The number of nitrogens with zero attached hydrogens (tertiary/aromatic N) is 6. The van der Waals surface area contributed by atoms with E-state index in [0.29, 0.717) is 128 Å². The standard InChI is InChI=1S/C68H105N7O16/c1-11-32-88-33-25-59(76)72-28-30-73(31-29-72)66-70-40-49-41-74(27-24-52(49)71-66)67(83)90-54-23-21-48(37-58(54)87-10)36-51(69)57-39-56(86-9)44(4)35-46(6)61(78)62(79)60(77)45(5)34-42(2)17-13-12-14-18-43(3)55(85-8)38-50-22-20-47(7)68(84,91-50)63(80)64(81)75-26-16-15-19-53(75)65(82)89-57/h12-14,17-18,35,40,42,44-45,47-48,50-51,53-58,61-62,78-79,84H,11,15-16,19-34,36-39,41,69H2,1-10H3/b14-12+,17-13+,43-18+,46-35+/t42-,44-,45-,47-,48+,50+,51-,53+,54-,55+,56-,57+,58-,61-,62+,68-/m1/s1. The molecular formula is C68H105N7O16. The second kappa shape index (κ2) is 34.6. The van der Waals surface area contributed by atoms with Crippen LogP contribution in [0.15, 0.2) is 53.8 Å². The van der Waals surface area contributed by atoms with Gasteiger partial charge in [0.25, 0.3) is 11.7 Å². The first-order chi connectivity index (χ1) is 43.5. The Morgan fingerprint density at radius 2 is 1.55 bits per heavy atom. The number of ketones is 2. The van der Waals surface area contributed by atoms with Crippen LogP contribution in [0.5, 0.6) is 0 Å². The molecular weight excluding hydrogens is 1170 g/mol. The number of allylic oxidation sites excluding steroid dienone is 5. The van der Waals surface area contributed by atoms with Crippen LogP contribution >= 0.6 is 0 Å². The van der Waals surface area contributed by atoms with Gasteiger partial charge in [0.2, 0.25) is 17.6 Å². The molecule has 23 heteroatoms. The van der Waals surface area contributed by atoms with Gasteiger partial charge in [-0.1, -0.05) is 71.1 Å². The predicted octanol–water partition coefficient (Wildman–Crippen LogP) is 6.12.